The first kappa shape index (κ1) is 14.7. The summed E-state index contributed by atoms with van der Waals surface area (Å²) in [7, 11) is 0. The summed E-state index contributed by atoms with van der Waals surface area (Å²) in [6.07, 6.45) is -4.16. The van der Waals surface area contributed by atoms with Crippen molar-refractivity contribution < 1.29 is 18.0 Å². The maximum Gasteiger partial charge on any atom is 0.389 e. The van der Waals surface area contributed by atoms with Crippen LogP contribution < -0.4 is 5.73 Å². The van der Waals surface area contributed by atoms with Crippen LogP contribution in [-0.2, 0) is 11.3 Å². The molecule has 1 fully saturated rings. The number of halogens is 3. The van der Waals surface area contributed by atoms with E-state index in [1.54, 1.807) is 24.3 Å². The lowest BCUT2D eigenvalue weighted by atomic mass is 10.1. The van der Waals surface area contributed by atoms with Crippen LogP contribution in [0.2, 0.25) is 0 Å². The molecule has 1 aromatic carbocycles. The number of para-hydroxylation sites is 1. The standard InChI is InChI=1S/C14H17F3N2O/c15-14(16,17)8-7-13(20)19(11-5-6-11)9-10-3-1-2-4-12(10)18/h1-4,11H,5-9,18H2. The second-order valence-corrected chi connectivity index (χ2v) is 5.07. The van der Waals surface area contributed by atoms with E-state index in [-0.39, 0.29) is 12.6 Å². The lowest BCUT2D eigenvalue weighted by Crippen LogP contribution is -2.33. The minimum absolute atomic E-state index is 0.0651. The molecule has 0 saturated heterocycles. The van der Waals surface area contributed by atoms with Gasteiger partial charge in [0.2, 0.25) is 5.91 Å². The summed E-state index contributed by atoms with van der Waals surface area (Å²) in [6, 6.07) is 7.17. The maximum atomic E-state index is 12.2. The van der Waals surface area contributed by atoms with Crippen molar-refractivity contribution in [1.82, 2.24) is 4.90 Å². The Morgan fingerprint density at radius 2 is 1.95 bits per heavy atom. The highest BCUT2D eigenvalue weighted by Crippen LogP contribution is 2.31. The fourth-order valence-electron chi connectivity index (χ4n) is 2.06. The van der Waals surface area contributed by atoms with Crippen molar-refractivity contribution >= 4 is 11.6 Å². The van der Waals surface area contributed by atoms with Crippen molar-refractivity contribution in [3.8, 4) is 0 Å². The lowest BCUT2D eigenvalue weighted by molar-refractivity contribution is -0.149. The molecule has 3 nitrogen and oxygen atoms in total. The summed E-state index contributed by atoms with van der Waals surface area (Å²) >= 11 is 0. The molecule has 20 heavy (non-hydrogen) atoms. The van der Waals surface area contributed by atoms with Crippen LogP contribution in [0.3, 0.4) is 0 Å². The average molecular weight is 286 g/mol. The summed E-state index contributed by atoms with van der Waals surface area (Å²) < 4.78 is 36.6. The smallest absolute Gasteiger partial charge is 0.389 e. The molecule has 1 amide bonds. The van der Waals surface area contributed by atoms with E-state index in [9.17, 15) is 18.0 Å². The highest BCUT2D eigenvalue weighted by Gasteiger charge is 2.35. The first-order valence-electron chi connectivity index (χ1n) is 6.56. The number of hydrogen-bond acceptors (Lipinski definition) is 2. The summed E-state index contributed by atoms with van der Waals surface area (Å²) in [5.41, 5.74) is 7.15. The molecule has 2 rings (SSSR count). The van der Waals surface area contributed by atoms with Gasteiger partial charge in [0, 0.05) is 24.7 Å². The quantitative estimate of drug-likeness (QED) is 0.845. The molecular weight excluding hydrogens is 269 g/mol. The van der Waals surface area contributed by atoms with E-state index in [4.69, 9.17) is 5.73 Å². The van der Waals surface area contributed by atoms with Crippen LogP contribution in [0.1, 0.15) is 31.2 Å². The molecular formula is C14H17F3N2O. The molecule has 0 heterocycles. The highest BCUT2D eigenvalue weighted by atomic mass is 19.4. The van der Waals surface area contributed by atoms with Gasteiger partial charge in [-0.15, -0.1) is 0 Å². The summed E-state index contributed by atoms with van der Waals surface area (Å²) in [5.74, 6) is -0.451. The second kappa shape index (κ2) is 5.73. The maximum absolute atomic E-state index is 12.2. The Balaban J connectivity index is 2.01. The van der Waals surface area contributed by atoms with Crippen LogP contribution in [0.15, 0.2) is 24.3 Å². The fraction of sp³-hybridized carbons (Fsp3) is 0.500. The number of hydrogen-bond donors (Lipinski definition) is 1. The van der Waals surface area contributed by atoms with Crippen LogP contribution in [0, 0.1) is 0 Å². The van der Waals surface area contributed by atoms with Gasteiger partial charge in [-0.25, -0.2) is 0 Å². The monoisotopic (exact) mass is 286 g/mol. The van der Waals surface area contributed by atoms with Crippen LogP contribution in [0.5, 0.6) is 0 Å². The molecule has 1 aromatic rings. The zero-order chi connectivity index (χ0) is 14.8. The molecule has 1 aliphatic rings. The van der Waals surface area contributed by atoms with Crippen molar-refractivity contribution in [2.24, 2.45) is 0 Å². The van der Waals surface area contributed by atoms with Gasteiger partial charge >= 0.3 is 6.18 Å². The van der Waals surface area contributed by atoms with Gasteiger partial charge in [-0.1, -0.05) is 18.2 Å². The van der Waals surface area contributed by atoms with Gasteiger partial charge in [-0.05, 0) is 24.5 Å². The van der Waals surface area contributed by atoms with E-state index in [2.05, 4.69) is 0 Å². The first-order chi connectivity index (χ1) is 9.37. The molecule has 0 unspecified atom stereocenters. The third-order valence-corrected chi connectivity index (χ3v) is 3.33. The Kier molecular flexibility index (Phi) is 4.20. The minimum Gasteiger partial charge on any atom is -0.398 e. The number of alkyl halides is 3. The molecule has 1 saturated carbocycles. The fourth-order valence-corrected chi connectivity index (χ4v) is 2.06. The molecule has 0 atom stereocenters. The van der Waals surface area contributed by atoms with Crippen molar-refractivity contribution in [2.45, 2.75) is 44.4 Å². The highest BCUT2D eigenvalue weighted by molar-refractivity contribution is 5.77. The lowest BCUT2D eigenvalue weighted by Gasteiger charge is -2.23. The van der Waals surface area contributed by atoms with Crippen molar-refractivity contribution in [3.05, 3.63) is 29.8 Å². The van der Waals surface area contributed by atoms with Crippen molar-refractivity contribution in [1.29, 1.82) is 0 Å². The van der Waals surface area contributed by atoms with E-state index < -0.39 is 24.9 Å². The molecule has 0 aliphatic heterocycles. The third kappa shape index (κ3) is 4.15. The Labute approximate surface area is 115 Å². The molecule has 6 heteroatoms. The van der Waals surface area contributed by atoms with Gasteiger partial charge in [-0.3, -0.25) is 4.79 Å². The van der Waals surface area contributed by atoms with Crippen LogP contribution in [0.25, 0.3) is 0 Å². The van der Waals surface area contributed by atoms with E-state index in [0.717, 1.165) is 18.4 Å². The summed E-state index contributed by atoms with van der Waals surface area (Å²) in [5, 5.41) is 0. The average Bonchev–Trinajstić information content (AvgIpc) is 3.18. The number of nitrogen functional groups attached to an aromatic ring is 1. The minimum atomic E-state index is -4.29. The molecule has 1 aliphatic carbocycles. The van der Waals surface area contributed by atoms with Gasteiger partial charge in [-0.2, -0.15) is 13.2 Å². The Morgan fingerprint density at radius 3 is 2.50 bits per heavy atom. The number of anilines is 1. The van der Waals surface area contributed by atoms with Gasteiger partial charge in [0.25, 0.3) is 0 Å². The van der Waals surface area contributed by atoms with E-state index in [0.29, 0.717) is 5.69 Å². The number of carbonyl (C=O) groups is 1. The third-order valence-electron chi connectivity index (χ3n) is 3.33. The molecule has 0 spiro atoms. The van der Waals surface area contributed by atoms with Crippen molar-refractivity contribution in [2.75, 3.05) is 5.73 Å². The van der Waals surface area contributed by atoms with E-state index in [1.165, 1.54) is 4.90 Å². The van der Waals surface area contributed by atoms with E-state index >= 15 is 0 Å². The van der Waals surface area contributed by atoms with Gasteiger partial charge < -0.3 is 10.6 Å². The van der Waals surface area contributed by atoms with Crippen LogP contribution >= 0.6 is 0 Å². The second-order valence-electron chi connectivity index (χ2n) is 5.07. The number of benzene rings is 1. The van der Waals surface area contributed by atoms with Crippen molar-refractivity contribution in [3.63, 3.8) is 0 Å². The molecule has 2 N–H and O–H groups in total. The largest absolute Gasteiger partial charge is 0.398 e. The number of rotatable bonds is 5. The summed E-state index contributed by atoms with van der Waals surface area (Å²) in [4.78, 5) is 13.5. The van der Waals surface area contributed by atoms with Gasteiger partial charge in [0.05, 0.1) is 6.42 Å². The van der Waals surface area contributed by atoms with Gasteiger partial charge in [0.15, 0.2) is 0 Å². The predicted octanol–water partition coefficient (Wildman–Crippen LogP) is 3.10. The number of nitrogens with two attached hydrogens (primary N) is 1. The molecule has 0 aromatic heterocycles. The molecule has 0 radical (unpaired) electrons. The Morgan fingerprint density at radius 1 is 1.30 bits per heavy atom. The topological polar surface area (TPSA) is 46.3 Å². The number of carbonyl (C=O) groups excluding carboxylic acids is 1. The zero-order valence-corrected chi connectivity index (χ0v) is 11.0. The first-order valence-corrected chi connectivity index (χ1v) is 6.56. The number of nitrogens with zero attached hydrogens (tertiary/aromatic N) is 1. The normalized spacial score (nSPS) is 15.2. The van der Waals surface area contributed by atoms with E-state index in [1.807, 2.05) is 0 Å². The SMILES string of the molecule is Nc1ccccc1CN(C(=O)CCC(F)(F)F)C1CC1. The van der Waals surface area contributed by atoms with Crippen LogP contribution in [-0.4, -0.2) is 23.0 Å². The molecule has 110 valence electrons. The predicted molar refractivity (Wildman–Crippen MR) is 69.7 cm³/mol. The molecule has 0 bridgehead atoms. The zero-order valence-electron chi connectivity index (χ0n) is 11.0. The number of amides is 1. The van der Waals surface area contributed by atoms with Crippen LogP contribution in [0.4, 0.5) is 18.9 Å². The Hall–Kier alpha value is -1.72. The Bertz CT molecular complexity index is 484. The van der Waals surface area contributed by atoms with Gasteiger partial charge in [0.1, 0.15) is 0 Å². The summed E-state index contributed by atoms with van der Waals surface area (Å²) in [6.45, 7) is 0.286.